The molecule has 0 bridgehead atoms. The molecule has 2 aliphatic heterocycles. The third-order valence-corrected chi connectivity index (χ3v) is 5.81. The molecular weight excluding hydrogens is 316 g/mol. The minimum absolute atomic E-state index is 0.0726. The van der Waals surface area contributed by atoms with Crippen molar-refractivity contribution >= 4 is 11.9 Å². The fourth-order valence-corrected chi connectivity index (χ4v) is 3.91. The molecule has 0 spiro atoms. The monoisotopic (exact) mass is 344 g/mol. The average Bonchev–Trinajstić information content (AvgIpc) is 3.41. The molecule has 6 nitrogen and oxygen atoms in total. The van der Waals surface area contributed by atoms with E-state index < -0.39 is 0 Å². The molecule has 1 aromatic rings. The summed E-state index contributed by atoms with van der Waals surface area (Å²) in [4.78, 5) is 24.2. The fourth-order valence-electron chi connectivity index (χ4n) is 3.91. The maximum Gasteiger partial charge on any atom is 0.226 e. The molecule has 1 saturated carbocycles. The summed E-state index contributed by atoms with van der Waals surface area (Å²) in [6.07, 6.45) is 7.22. The van der Waals surface area contributed by atoms with Crippen molar-refractivity contribution in [1.29, 1.82) is 0 Å². The van der Waals surface area contributed by atoms with Gasteiger partial charge in [0, 0.05) is 36.9 Å². The van der Waals surface area contributed by atoms with Gasteiger partial charge in [-0.05, 0) is 38.0 Å². The number of nitrogens with zero attached hydrogens (tertiary/aromatic N) is 3. The van der Waals surface area contributed by atoms with E-state index in [9.17, 15) is 4.79 Å². The van der Waals surface area contributed by atoms with Crippen LogP contribution < -0.4 is 5.32 Å². The lowest BCUT2D eigenvalue weighted by Crippen LogP contribution is -2.34. The van der Waals surface area contributed by atoms with E-state index in [4.69, 9.17) is 9.72 Å². The van der Waals surface area contributed by atoms with Crippen molar-refractivity contribution in [1.82, 2.24) is 14.9 Å². The molecule has 136 valence electrons. The lowest BCUT2D eigenvalue weighted by molar-refractivity contribution is -0.138. The van der Waals surface area contributed by atoms with E-state index in [-0.39, 0.29) is 17.9 Å². The number of fused-ring (bicyclic) bond motifs is 1. The Kier molecular flexibility index (Phi) is 4.63. The van der Waals surface area contributed by atoms with Gasteiger partial charge in [0.25, 0.3) is 0 Å². The molecule has 1 N–H and O–H groups in total. The molecule has 6 heteroatoms. The van der Waals surface area contributed by atoms with Gasteiger partial charge >= 0.3 is 0 Å². The Labute approximate surface area is 149 Å². The van der Waals surface area contributed by atoms with Gasteiger partial charge in [0.05, 0.1) is 18.3 Å². The summed E-state index contributed by atoms with van der Waals surface area (Å²) in [6, 6.07) is 0.568. The molecule has 2 fully saturated rings. The number of carbonyl (C=O) groups is 1. The van der Waals surface area contributed by atoms with E-state index in [1.165, 1.54) is 12.8 Å². The van der Waals surface area contributed by atoms with Crippen molar-refractivity contribution in [2.75, 3.05) is 18.5 Å². The van der Waals surface area contributed by atoms with Gasteiger partial charge in [-0.2, -0.15) is 0 Å². The van der Waals surface area contributed by atoms with Gasteiger partial charge < -0.3 is 15.0 Å². The Morgan fingerprint density at radius 3 is 2.80 bits per heavy atom. The molecule has 1 aliphatic carbocycles. The summed E-state index contributed by atoms with van der Waals surface area (Å²) in [5, 5.41) is 3.44. The van der Waals surface area contributed by atoms with E-state index in [0.29, 0.717) is 24.5 Å². The number of amides is 1. The summed E-state index contributed by atoms with van der Waals surface area (Å²) in [6.45, 7) is 6.32. The van der Waals surface area contributed by atoms with Gasteiger partial charge in [-0.15, -0.1) is 0 Å². The molecule has 4 rings (SSSR count). The number of nitrogens with one attached hydrogen (secondary N) is 1. The van der Waals surface area contributed by atoms with Crippen LogP contribution in [0.1, 0.15) is 63.3 Å². The second-order valence-electron chi connectivity index (χ2n) is 7.68. The van der Waals surface area contributed by atoms with E-state index in [1.807, 2.05) is 13.1 Å². The largest absolute Gasteiger partial charge is 0.381 e. The lowest BCUT2D eigenvalue weighted by Gasteiger charge is -2.27. The van der Waals surface area contributed by atoms with Gasteiger partial charge in [0.1, 0.15) is 0 Å². The molecule has 1 saturated heterocycles. The highest BCUT2D eigenvalue weighted by Crippen LogP contribution is 2.49. The number of rotatable bonds is 5. The second kappa shape index (κ2) is 6.90. The quantitative estimate of drug-likeness (QED) is 0.889. The Balaban J connectivity index is 1.54. The predicted molar refractivity (Wildman–Crippen MR) is 95.0 cm³/mol. The number of hydrogen-bond donors (Lipinski definition) is 1. The van der Waals surface area contributed by atoms with Crippen molar-refractivity contribution in [3.8, 4) is 0 Å². The van der Waals surface area contributed by atoms with Crippen LogP contribution in [0.25, 0.3) is 0 Å². The van der Waals surface area contributed by atoms with Crippen LogP contribution in [-0.4, -0.2) is 40.0 Å². The number of aromatic nitrogens is 2. The van der Waals surface area contributed by atoms with Crippen LogP contribution in [-0.2, 0) is 16.1 Å². The summed E-state index contributed by atoms with van der Waals surface area (Å²) in [5.74, 6) is 1.62. The van der Waals surface area contributed by atoms with E-state index in [0.717, 1.165) is 43.7 Å². The van der Waals surface area contributed by atoms with Crippen LogP contribution in [0.2, 0.25) is 0 Å². The molecule has 1 amide bonds. The highest BCUT2D eigenvalue weighted by Gasteiger charge is 2.45. The normalized spacial score (nSPS) is 24.9. The molecule has 1 aromatic heterocycles. The van der Waals surface area contributed by atoms with Crippen molar-refractivity contribution < 1.29 is 9.53 Å². The maximum atomic E-state index is 12.8. The van der Waals surface area contributed by atoms with E-state index in [2.05, 4.69) is 22.1 Å². The third-order valence-electron chi connectivity index (χ3n) is 5.81. The van der Waals surface area contributed by atoms with Crippen LogP contribution in [0.15, 0.2) is 6.20 Å². The fraction of sp³-hybridized carbons (Fsp3) is 0.737. The first kappa shape index (κ1) is 16.8. The zero-order chi connectivity index (χ0) is 17.4. The van der Waals surface area contributed by atoms with Crippen molar-refractivity contribution in [2.24, 2.45) is 11.8 Å². The molecule has 0 radical (unpaired) electrons. The van der Waals surface area contributed by atoms with Crippen LogP contribution >= 0.6 is 0 Å². The average molecular weight is 344 g/mol. The highest BCUT2D eigenvalue weighted by atomic mass is 16.5. The summed E-state index contributed by atoms with van der Waals surface area (Å²) in [7, 11) is 0. The van der Waals surface area contributed by atoms with Gasteiger partial charge in [-0.25, -0.2) is 9.97 Å². The van der Waals surface area contributed by atoms with Gasteiger partial charge in [-0.3, -0.25) is 4.79 Å². The molecule has 0 aromatic carbocycles. The van der Waals surface area contributed by atoms with Gasteiger partial charge in [0.15, 0.2) is 0 Å². The van der Waals surface area contributed by atoms with Crippen molar-refractivity contribution in [3.05, 3.63) is 17.5 Å². The smallest absolute Gasteiger partial charge is 0.226 e. The van der Waals surface area contributed by atoms with E-state index >= 15 is 0 Å². The number of carbonyl (C=O) groups excluding carboxylic acids is 1. The standard InChI is InChI=1S/C19H28N4O2/c1-3-12(2)18(24)23-11-16-15(17(23)13-4-5-13)10-20-19(22-16)21-14-6-8-25-9-7-14/h10,12-14,17H,3-9,11H2,1-2H3,(H,20,21,22). The number of ether oxygens (including phenoxy) is 1. The third kappa shape index (κ3) is 3.36. The first-order valence-electron chi connectivity index (χ1n) is 9.68. The SMILES string of the molecule is CCC(C)C(=O)N1Cc2nc(NC3CCOCC3)ncc2C1C1CC1. The molecule has 3 aliphatic rings. The summed E-state index contributed by atoms with van der Waals surface area (Å²) in [5.41, 5.74) is 2.19. The van der Waals surface area contributed by atoms with Crippen molar-refractivity contribution in [2.45, 2.75) is 64.6 Å². The van der Waals surface area contributed by atoms with Crippen LogP contribution in [0, 0.1) is 11.8 Å². The maximum absolute atomic E-state index is 12.8. The summed E-state index contributed by atoms with van der Waals surface area (Å²) >= 11 is 0. The van der Waals surface area contributed by atoms with Crippen LogP contribution in [0.3, 0.4) is 0 Å². The van der Waals surface area contributed by atoms with Crippen LogP contribution in [0.5, 0.6) is 0 Å². The number of hydrogen-bond acceptors (Lipinski definition) is 5. The minimum Gasteiger partial charge on any atom is -0.381 e. The number of anilines is 1. The Hall–Kier alpha value is -1.69. The van der Waals surface area contributed by atoms with Crippen LogP contribution in [0.4, 0.5) is 5.95 Å². The van der Waals surface area contributed by atoms with Gasteiger partial charge in [0.2, 0.25) is 11.9 Å². The van der Waals surface area contributed by atoms with E-state index in [1.54, 1.807) is 0 Å². The van der Waals surface area contributed by atoms with Gasteiger partial charge in [-0.1, -0.05) is 13.8 Å². The topological polar surface area (TPSA) is 67.4 Å². The second-order valence-corrected chi connectivity index (χ2v) is 7.68. The predicted octanol–water partition coefficient (Wildman–Crippen LogP) is 2.91. The molecule has 3 heterocycles. The first-order valence-corrected chi connectivity index (χ1v) is 9.68. The first-order chi connectivity index (χ1) is 12.2. The lowest BCUT2D eigenvalue weighted by atomic mass is 10.0. The zero-order valence-electron chi connectivity index (χ0n) is 15.2. The molecule has 2 unspecified atom stereocenters. The van der Waals surface area contributed by atoms with Crippen molar-refractivity contribution in [3.63, 3.8) is 0 Å². The Morgan fingerprint density at radius 2 is 2.12 bits per heavy atom. The molecular formula is C19H28N4O2. The minimum atomic E-state index is 0.0726. The summed E-state index contributed by atoms with van der Waals surface area (Å²) < 4.78 is 5.41. The Morgan fingerprint density at radius 1 is 1.36 bits per heavy atom. The zero-order valence-corrected chi connectivity index (χ0v) is 15.2. The molecule has 25 heavy (non-hydrogen) atoms. The molecule has 2 atom stereocenters. The Bertz CT molecular complexity index is 640. The highest BCUT2D eigenvalue weighted by molar-refractivity contribution is 5.79.